The second-order valence-corrected chi connectivity index (χ2v) is 8.43. The molecule has 0 radical (unpaired) electrons. The molecule has 0 saturated carbocycles. The first-order valence-corrected chi connectivity index (χ1v) is 13.6. The smallest absolute Gasteiger partial charge is 0.0768 e. The van der Waals surface area contributed by atoms with E-state index in [1.807, 2.05) is 12.1 Å². The fourth-order valence-electron chi connectivity index (χ4n) is 3.08. The number of likely N-dealkylation sites (N-methyl/N-ethyl adjacent to an activating group) is 2. The number of rotatable bonds is 14. The van der Waals surface area contributed by atoms with E-state index in [-0.39, 0.29) is 62.2 Å². The molecule has 0 heterocycles. The van der Waals surface area contributed by atoms with E-state index >= 15 is 0 Å². The molecule has 0 aromatic heterocycles. The van der Waals surface area contributed by atoms with E-state index in [9.17, 15) is 29.4 Å². The van der Waals surface area contributed by atoms with Gasteiger partial charge in [-0.1, -0.05) is 64.1 Å². The van der Waals surface area contributed by atoms with Crippen molar-refractivity contribution in [3.63, 3.8) is 0 Å². The summed E-state index contributed by atoms with van der Waals surface area (Å²) in [7, 11) is 0. The Morgan fingerprint density at radius 2 is 0.854 bits per heavy atom. The third-order valence-corrected chi connectivity index (χ3v) is 5.39. The third-order valence-electron chi connectivity index (χ3n) is 5.39. The van der Waals surface area contributed by atoms with Gasteiger partial charge in [0.1, 0.15) is 0 Å². The first-order chi connectivity index (χ1) is 19.1. The Kier molecular flexibility index (Phi) is 30.5. The normalized spacial score (nSPS) is 9.41. The standard InChI is InChI=1S/2C10H9O2.2C6H14NO.Hf/c2*1-8(11)7-10(12)9-5-3-2-4-6-9;2*1-3-7(4-2)5-6-8;/h2*2-7H,1H3;2*3-6H2,1-2H3;/q4*-1;. The van der Waals surface area contributed by atoms with E-state index in [0.29, 0.717) is 24.2 Å². The zero-order chi connectivity index (χ0) is 30.8. The Balaban J connectivity index is -0.000000476. The van der Waals surface area contributed by atoms with Gasteiger partial charge in [-0.3, -0.25) is 0 Å². The summed E-state index contributed by atoms with van der Waals surface area (Å²) in [5.41, 5.74) is 1.10. The molecule has 0 aliphatic rings. The van der Waals surface area contributed by atoms with Crippen molar-refractivity contribution in [3.05, 3.63) is 84.6 Å². The number of hydrogen-bond donors (Lipinski definition) is 0. The number of ketones is 4. The Morgan fingerprint density at radius 1 is 0.585 bits per heavy atom. The molecule has 8 nitrogen and oxygen atoms in total. The molecule has 0 saturated heterocycles. The van der Waals surface area contributed by atoms with Gasteiger partial charge in [-0.25, -0.2) is 0 Å². The van der Waals surface area contributed by atoms with Crippen molar-refractivity contribution in [1.29, 1.82) is 0 Å². The predicted octanol–water partition coefficient (Wildman–Crippen LogP) is 2.70. The van der Waals surface area contributed by atoms with E-state index in [2.05, 4.69) is 37.5 Å². The first-order valence-electron chi connectivity index (χ1n) is 13.6. The van der Waals surface area contributed by atoms with Crippen LogP contribution in [-0.2, 0) is 35.4 Å². The fraction of sp³-hybridized carbons (Fsp3) is 0.438. The van der Waals surface area contributed by atoms with Crippen LogP contribution >= 0.6 is 0 Å². The van der Waals surface area contributed by atoms with Gasteiger partial charge in [0, 0.05) is 37.4 Å². The van der Waals surface area contributed by atoms with Gasteiger partial charge in [0.15, 0.2) is 0 Å². The molecule has 0 N–H and O–H groups in total. The van der Waals surface area contributed by atoms with Crippen molar-refractivity contribution >= 4 is 23.1 Å². The quantitative estimate of drug-likeness (QED) is 0.126. The molecule has 0 aliphatic carbocycles. The molecule has 2 rings (SSSR count). The molecule has 0 unspecified atom stereocenters. The van der Waals surface area contributed by atoms with Crippen molar-refractivity contribution in [2.45, 2.75) is 41.5 Å². The number of nitrogens with zero attached hydrogens (tertiary/aromatic N) is 2. The maximum Gasteiger partial charge on any atom is 0.0768 e. The zero-order valence-corrected chi connectivity index (χ0v) is 29.0. The van der Waals surface area contributed by atoms with Gasteiger partial charge in [0.25, 0.3) is 0 Å². The number of carbonyl (C=O) groups excluding carboxylic acids is 4. The predicted molar refractivity (Wildman–Crippen MR) is 157 cm³/mol. The van der Waals surface area contributed by atoms with Crippen LogP contribution in [0.2, 0.25) is 0 Å². The summed E-state index contributed by atoms with van der Waals surface area (Å²) in [5, 5.41) is 20.0. The zero-order valence-electron chi connectivity index (χ0n) is 25.4. The van der Waals surface area contributed by atoms with Crippen LogP contribution in [-0.4, -0.2) is 85.4 Å². The summed E-state index contributed by atoms with van der Waals surface area (Å²) in [4.78, 5) is 47.7. The Labute approximate surface area is 265 Å². The van der Waals surface area contributed by atoms with Gasteiger partial charge in [-0.15, -0.1) is 61.4 Å². The average molecular weight is 733 g/mol. The molecule has 41 heavy (non-hydrogen) atoms. The number of Topliss-reactive ketones (excluding diaryl/α,β-unsaturated/α-hetero) is 4. The van der Waals surface area contributed by atoms with E-state index < -0.39 is 0 Å². The molecule has 0 spiro atoms. The average Bonchev–Trinajstić information content (AvgIpc) is 2.96. The van der Waals surface area contributed by atoms with Gasteiger partial charge < -0.3 is 39.2 Å². The Bertz CT molecular complexity index is 856. The minimum absolute atomic E-state index is 0. The van der Waals surface area contributed by atoms with E-state index in [4.69, 9.17) is 0 Å². The summed E-state index contributed by atoms with van der Waals surface area (Å²) < 4.78 is 0. The summed E-state index contributed by atoms with van der Waals surface area (Å²) in [6.45, 7) is 16.5. The van der Waals surface area contributed by atoms with Crippen LogP contribution in [0.25, 0.3) is 0 Å². The van der Waals surface area contributed by atoms with Crippen LogP contribution in [0.4, 0.5) is 0 Å². The van der Waals surface area contributed by atoms with E-state index in [1.54, 1.807) is 48.5 Å². The monoisotopic (exact) mass is 734 g/mol. The van der Waals surface area contributed by atoms with Crippen LogP contribution in [0.3, 0.4) is 0 Å². The molecule has 9 heteroatoms. The van der Waals surface area contributed by atoms with Gasteiger partial charge in [-0.05, 0) is 53.1 Å². The van der Waals surface area contributed by atoms with Crippen molar-refractivity contribution in [2.24, 2.45) is 0 Å². The van der Waals surface area contributed by atoms with Crippen molar-refractivity contribution < 1.29 is 55.2 Å². The van der Waals surface area contributed by atoms with Gasteiger partial charge in [0.05, 0.1) is 11.6 Å². The third kappa shape index (κ3) is 25.0. The van der Waals surface area contributed by atoms with Crippen molar-refractivity contribution in [3.8, 4) is 0 Å². The molecule has 0 fully saturated rings. The molecular formula is C32H46HfN2O6-4. The second-order valence-electron chi connectivity index (χ2n) is 8.43. The van der Waals surface area contributed by atoms with E-state index in [1.165, 1.54) is 13.8 Å². The summed E-state index contributed by atoms with van der Waals surface area (Å²) >= 11 is 0. The molecule has 0 amide bonds. The molecule has 228 valence electrons. The second kappa shape index (κ2) is 29.1. The minimum Gasteiger partial charge on any atom is -0.854 e. The SMILES string of the molecule is CC(=O)[CH-]C(=O)c1ccccc1.CC(=O)[CH-]C(=O)c1ccccc1.CCN(CC)CC[O-].CCN(CC)CC[O-].[Hf]. The molecule has 0 atom stereocenters. The first kappa shape index (κ1) is 43.0. The maximum atomic E-state index is 11.2. The maximum absolute atomic E-state index is 11.2. The molecule has 0 aliphatic heterocycles. The van der Waals surface area contributed by atoms with Crippen molar-refractivity contribution in [1.82, 2.24) is 9.80 Å². The minimum atomic E-state index is -0.233. The largest absolute Gasteiger partial charge is 0.854 e. The van der Waals surface area contributed by atoms with Crippen LogP contribution in [0, 0.1) is 12.8 Å². The van der Waals surface area contributed by atoms with Crippen LogP contribution in [0.5, 0.6) is 0 Å². The topological polar surface area (TPSA) is 121 Å². The van der Waals surface area contributed by atoms with Crippen molar-refractivity contribution in [2.75, 3.05) is 52.5 Å². The van der Waals surface area contributed by atoms with E-state index in [0.717, 1.165) is 39.0 Å². The number of benzene rings is 2. The summed E-state index contributed by atoms with van der Waals surface area (Å²) in [6.07, 6.45) is 2.19. The Hall–Kier alpha value is -2.43. The van der Waals surface area contributed by atoms with Gasteiger partial charge in [-0.2, -0.15) is 0 Å². The Morgan fingerprint density at radius 3 is 1.02 bits per heavy atom. The number of carbonyl (C=O) groups is 4. The summed E-state index contributed by atoms with van der Waals surface area (Å²) in [5.74, 6) is -0.904. The van der Waals surface area contributed by atoms with Crippen LogP contribution in [0.1, 0.15) is 62.3 Å². The van der Waals surface area contributed by atoms with Crippen LogP contribution < -0.4 is 10.2 Å². The molecule has 2 aromatic rings. The number of hydrogen-bond acceptors (Lipinski definition) is 8. The van der Waals surface area contributed by atoms with Gasteiger partial charge in [0.2, 0.25) is 0 Å². The molecule has 0 bridgehead atoms. The fourth-order valence-corrected chi connectivity index (χ4v) is 3.08. The molecular weight excluding hydrogens is 687 g/mol. The van der Waals surface area contributed by atoms with Gasteiger partial charge >= 0.3 is 0 Å². The van der Waals surface area contributed by atoms with Crippen LogP contribution in [0.15, 0.2) is 60.7 Å². The summed E-state index contributed by atoms with van der Waals surface area (Å²) in [6, 6.07) is 17.4. The molecule has 2 aromatic carbocycles.